The average Bonchev–Trinajstić information content (AvgIpc) is 2.82. The van der Waals surface area contributed by atoms with Crippen molar-refractivity contribution in [1.82, 2.24) is 5.32 Å². The summed E-state index contributed by atoms with van der Waals surface area (Å²) < 4.78 is 5.71. The zero-order chi connectivity index (χ0) is 17.1. The van der Waals surface area contributed by atoms with Gasteiger partial charge in [-0.15, -0.1) is 0 Å². The van der Waals surface area contributed by atoms with Crippen LogP contribution in [-0.4, -0.2) is 24.5 Å². The molecule has 0 bridgehead atoms. The van der Waals surface area contributed by atoms with Crippen LogP contribution in [0.15, 0.2) is 0 Å². The molecule has 4 fully saturated rings. The molecule has 3 aliphatic carbocycles. The topological polar surface area (TPSA) is 55.4 Å². The predicted molar refractivity (Wildman–Crippen MR) is 91.1 cm³/mol. The minimum atomic E-state index is -0.136. The summed E-state index contributed by atoms with van der Waals surface area (Å²) in [5.74, 6) is 2.78. The van der Waals surface area contributed by atoms with E-state index < -0.39 is 0 Å². The van der Waals surface area contributed by atoms with Crippen LogP contribution < -0.4 is 5.32 Å². The number of hydrogen-bond donors (Lipinski definition) is 1. The lowest BCUT2D eigenvalue weighted by molar-refractivity contribution is -0.163. The molecule has 134 valence electrons. The van der Waals surface area contributed by atoms with E-state index in [9.17, 15) is 9.59 Å². The number of nitrogens with one attached hydrogen (secondary N) is 1. The molecule has 4 heteroatoms. The molecular formula is C20H31NO3. The van der Waals surface area contributed by atoms with Crippen molar-refractivity contribution in [2.75, 3.05) is 6.54 Å². The van der Waals surface area contributed by atoms with Crippen LogP contribution in [0.2, 0.25) is 0 Å². The molecule has 4 nitrogen and oxygen atoms in total. The molecule has 0 aromatic rings. The van der Waals surface area contributed by atoms with Crippen molar-refractivity contribution >= 4 is 11.9 Å². The summed E-state index contributed by atoms with van der Waals surface area (Å²) in [7, 11) is 0. The molecular weight excluding hydrogens is 302 g/mol. The largest absolute Gasteiger partial charge is 0.462 e. The van der Waals surface area contributed by atoms with Crippen molar-refractivity contribution < 1.29 is 14.3 Å². The molecule has 0 radical (unpaired) electrons. The molecule has 3 saturated carbocycles. The van der Waals surface area contributed by atoms with E-state index >= 15 is 0 Å². The predicted octanol–water partition coefficient (Wildman–Crippen LogP) is 3.30. The van der Waals surface area contributed by atoms with Crippen molar-refractivity contribution in [1.29, 1.82) is 0 Å². The molecule has 4 aliphatic rings. The number of esters is 1. The summed E-state index contributed by atoms with van der Waals surface area (Å²) in [5.41, 5.74) is 0.319. The van der Waals surface area contributed by atoms with E-state index in [0.717, 1.165) is 19.4 Å². The van der Waals surface area contributed by atoms with Gasteiger partial charge in [0.1, 0.15) is 6.10 Å². The third-order valence-corrected chi connectivity index (χ3v) is 8.37. The molecule has 0 aromatic carbocycles. The Balaban J connectivity index is 1.60. The number of ether oxygens (including phenoxy) is 1. The van der Waals surface area contributed by atoms with E-state index in [1.165, 1.54) is 32.6 Å². The molecule has 4 rings (SSSR count). The first-order chi connectivity index (χ1) is 11.3. The monoisotopic (exact) mass is 333 g/mol. The lowest BCUT2D eigenvalue weighted by Gasteiger charge is -2.59. The number of carbonyl (C=O) groups is 2. The fourth-order valence-corrected chi connectivity index (χ4v) is 7.14. The second-order valence-electron chi connectivity index (χ2n) is 9.36. The first-order valence-corrected chi connectivity index (χ1v) is 9.78. The lowest BCUT2D eigenvalue weighted by Crippen LogP contribution is -2.58. The van der Waals surface area contributed by atoms with Crippen LogP contribution in [0, 0.1) is 34.5 Å². The van der Waals surface area contributed by atoms with Gasteiger partial charge in [-0.25, -0.2) is 0 Å². The summed E-state index contributed by atoms with van der Waals surface area (Å²) in [6.07, 6.45) is 7.86. The first-order valence-electron chi connectivity index (χ1n) is 9.78. The summed E-state index contributed by atoms with van der Waals surface area (Å²) in [5, 5.41) is 3.09. The molecule has 7 atom stereocenters. The fourth-order valence-electron chi connectivity index (χ4n) is 7.14. The van der Waals surface area contributed by atoms with Crippen molar-refractivity contribution in [2.45, 2.75) is 71.8 Å². The summed E-state index contributed by atoms with van der Waals surface area (Å²) in [4.78, 5) is 23.6. The van der Waals surface area contributed by atoms with Gasteiger partial charge in [0, 0.05) is 25.3 Å². The number of carbonyl (C=O) groups excluding carboxylic acids is 2. The highest BCUT2D eigenvalue weighted by atomic mass is 16.5. The fraction of sp³-hybridized carbons (Fsp3) is 0.900. The number of amides is 1. The van der Waals surface area contributed by atoms with Crippen LogP contribution in [0.25, 0.3) is 0 Å². The van der Waals surface area contributed by atoms with E-state index in [1.807, 2.05) is 0 Å². The minimum Gasteiger partial charge on any atom is -0.462 e. The molecule has 1 aliphatic heterocycles. The first kappa shape index (κ1) is 16.4. The summed E-state index contributed by atoms with van der Waals surface area (Å²) in [6, 6.07) is 0. The summed E-state index contributed by atoms with van der Waals surface area (Å²) in [6.45, 7) is 7.15. The molecule has 1 saturated heterocycles. The van der Waals surface area contributed by atoms with Crippen LogP contribution >= 0.6 is 0 Å². The Kier molecular flexibility index (Phi) is 3.74. The quantitative estimate of drug-likeness (QED) is 0.749. The average molecular weight is 333 g/mol. The molecule has 0 spiro atoms. The molecule has 0 aromatic heterocycles. The third-order valence-electron chi connectivity index (χ3n) is 8.37. The summed E-state index contributed by atoms with van der Waals surface area (Å²) >= 11 is 0. The Hall–Kier alpha value is -1.06. The van der Waals surface area contributed by atoms with Crippen molar-refractivity contribution in [3.63, 3.8) is 0 Å². The zero-order valence-corrected chi connectivity index (χ0v) is 15.3. The van der Waals surface area contributed by atoms with Crippen molar-refractivity contribution in [3.8, 4) is 0 Å². The Labute approximate surface area is 145 Å². The lowest BCUT2D eigenvalue weighted by atomic mass is 9.46. The van der Waals surface area contributed by atoms with Gasteiger partial charge in [0.05, 0.1) is 0 Å². The highest BCUT2D eigenvalue weighted by molar-refractivity contribution is 5.77. The number of hydrogen-bond acceptors (Lipinski definition) is 3. The third kappa shape index (κ3) is 2.24. The van der Waals surface area contributed by atoms with Gasteiger partial charge in [-0.05, 0) is 67.6 Å². The van der Waals surface area contributed by atoms with Crippen LogP contribution in [-0.2, 0) is 14.3 Å². The van der Waals surface area contributed by atoms with Gasteiger partial charge in [0.15, 0.2) is 0 Å². The van der Waals surface area contributed by atoms with E-state index in [2.05, 4.69) is 19.2 Å². The maximum Gasteiger partial charge on any atom is 0.302 e. The van der Waals surface area contributed by atoms with Crippen LogP contribution in [0.1, 0.15) is 65.7 Å². The highest BCUT2D eigenvalue weighted by Gasteiger charge is 2.61. The van der Waals surface area contributed by atoms with Gasteiger partial charge in [-0.2, -0.15) is 0 Å². The normalized spacial score (nSPS) is 50.3. The van der Waals surface area contributed by atoms with E-state index in [1.54, 1.807) is 0 Å². The van der Waals surface area contributed by atoms with E-state index in [-0.39, 0.29) is 28.8 Å². The van der Waals surface area contributed by atoms with Crippen molar-refractivity contribution in [3.05, 3.63) is 0 Å². The second kappa shape index (κ2) is 5.47. The standard InChI is InChI=1S/C20H31NO3/c1-12(22)24-17-7-6-15-14-5-4-13-11-21-18(23)10-20(13,3)16(14)8-9-19(15,17)2/h13-17H,4-11H2,1-3H3,(H,21,23)/t13-,14?,15?,16?,17-,19?,20?/m0/s1. The highest BCUT2D eigenvalue weighted by Crippen LogP contribution is 2.65. The molecule has 1 amide bonds. The van der Waals surface area contributed by atoms with E-state index in [4.69, 9.17) is 4.74 Å². The maximum atomic E-state index is 12.1. The van der Waals surface area contributed by atoms with Gasteiger partial charge in [0.25, 0.3) is 0 Å². The van der Waals surface area contributed by atoms with Crippen LogP contribution in [0.5, 0.6) is 0 Å². The zero-order valence-electron chi connectivity index (χ0n) is 15.3. The van der Waals surface area contributed by atoms with Gasteiger partial charge in [-0.3, -0.25) is 9.59 Å². The molecule has 5 unspecified atom stereocenters. The van der Waals surface area contributed by atoms with Crippen LogP contribution in [0.3, 0.4) is 0 Å². The van der Waals surface area contributed by atoms with Gasteiger partial charge >= 0.3 is 5.97 Å². The Morgan fingerprint density at radius 3 is 2.58 bits per heavy atom. The number of rotatable bonds is 1. The van der Waals surface area contributed by atoms with Crippen molar-refractivity contribution in [2.24, 2.45) is 34.5 Å². The Morgan fingerprint density at radius 1 is 1.08 bits per heavy atom. The maximum absolute atomic E-state index is 12.1. The van der Waals surface area contributed by atoms with Crippen LogP contribution in [0.4, 0.5) is 0 Å². The number of piperidine rings is 1. The Morgan fingerprint density at radius 2 is 1.83 bits per heavy atom. The molecule has 1 N–H and O–H groups in total. The van der Waals surface area contributed by atoms with Gasteiger partial charge in [-0.1, -0.05) is 13.8 Å². The molecule has 1 heterocycles. The number of fused-ring (bicyclic) bond motifs is 5. The SMILES string of the molecule is CC(=O)O[C@H]1CCC2C3CC[C@H]4CNC(=O)CC4(C)C3CCC21C. The molecule has 24 heavy (non-hydrogen) atoms. The van der Waals surface area contributed by atoms with Gasteiger partial charge in [0.2, 0.25) is 5.91 Å². The van der Waals surface area contributed by atoms with Gasteiger partial charge < -0.3 is 10.1 Å². The Bertz CT molecular complexity index is 561. The smallest absolute Gasteiger partial charge is 0.302 e. The minimum absolute atomic E-state index is 0.0983. The second-order valence-corrected chi connectivity index (χ2v) is 9.36. The van der Waals surface area contributed by atoms with E-state index in [0.29, 0.717) is 30.1 Å².